The lowest BCUT2D eigenvalue weighted by atomic mass is 10.2. The van der Waals surface area contributed by atoms with Crippen LogP contribution in [-0.2, 0) is 11.3 Å². The zero-order valence-electron chi connectivity index (χ0n) is 11.7. The first-order valence-electron chi connectivity index (χ1n) is 6.56. The van der Waals surface area contributed by atoms with Gasteiger partial charge in [0.25, 0.3) is 0 Å². The highest BCUT2D eigenvalue weighted by Crippen LogP contribution is 2.27. The molecule has 0 fully saturated rings. The van der Waals surface area contributed by atoms with E-state index < -0.39 is 0 Å². The van der Waals surface area contributed by atoms with Gasteiger partial charge >= 0.3 is 0 Å². The number of anilines is 1. The van der Waals surface area contributed by atoms with Gasteiger partial charge in [-0.1, -0.05) is 30.3 Å². The molecule has 5 heteroatoms. The van der Waals surface area contributed by atoms with E-state index in [1.165, 1.54) is 17.8 Å². The highest BCUT2D eigenvalue weighted by atomic mass is 32.2. The Bertz CT molecular complexity index is 646. The van der Waals surface area contributed by atoms with Crippen molar-refractivity contribution < 1.29 is 9.18 Å². The molecule has 0 heterocycles. The lowest BCUT2D eigenvalue weighted by Gasteiger charge is -2.09. The van der Waals surface area contributed by atoms with Gasteiger partial charge in [-0.05, 0) is 24.6 Å². The molecule has 0 atom stereocenters. The fourth-order valence-electron chi connectivity index (χ4n) is 1.81. The van der Waals surface area contributed by atoms with Crippen LogP contribution >= 0.6 is 11.8 Å². The molecule has 0 radical (unpaired) electrons. The number of thioether (sulfide) groups is 1. The summed E-state index contributed by atoms with van der Waals surface area (Å²) in [5.74, 6) is -0.209. The molecule has 0 aliphatic carbocycles. The molecule has 0 bridgehead atoms. The number of halogens is 1. The summed E-state index contributed by atoms with van der Waals surface area (Å²) in [5.41, 5.74) is 8.12. The van der Waals surface area contributed by atoms with Crippen LogP contribution in [0.3, 0.4) is 0 Å². The van der Waals surface area contributed by atoms with Crippen molar-refractivity contribution in [3.05, 3.63) is 59.4 Å². The molecule has 21 heavy (non-hydrogen) atoms. The van der Waals surface area contributed by atoms with E-state index in [1.54, 1.807) is 18.2 Å². The Kier molecular flexibility index (Phi) is 5.22. The summed E-state index contributed by atoms with van der Waals surface area (Å²) in [7, 11) is 0. The summed E-state index contributed by atoms with van der Waals surface area (Å²) in [6.45, 7) is 2.12. The molecule has 0 aromatic heterocycles. The number of carbonyl (C=O) groups excluding carboxylic acids is 1. The second-order valence-corrected chi connectivity index (χ2v) is 5.66. The quantitative estimate of drug-likeness (QED) is 0.659. The zero-order valence-corrected chi connectivity index (χ0v) is 12.5. The lowest BCUT2D eigenvalue weighted by Crippen LogP contribution is -2.25. The molecule has 0 spiro atoms. The molecule has 0 saturated heterocycles. The average molecular weight is 304 g/mol. The summed E-state index contributed by atoms with van der Waals surface area (Å²) in [6.07, 6.45) is 0. The van der Waals surface area contributed by atoms with Gasteiger partial charge in [-0.25, -0.2) is 4.39 Å². The molecule has 0 aliphatic heterocycles. The SMILES string of the molecule is Cc1cccc(SCC(=O)NCc2ccccc2F)c1N. The number of carbonyl (C=O) groups is 1. The van der Waals surface area contributed by atoms with Gasteiger partial charge in [-0.15, -0.1) is 11.8 Å². The Hall–Kier alpha value is -2.01. The minimum atomic E-state index is -0.312. The van der Waals surface area contributed by atoms with Crippen molar-refractivity contribution in [2.45, 2.75) is 18.4 Å². The first kappa shape index (κ1) is 15.4. The van der Waals surface area contributed by atoms with E-state index in [4.69, 9.17) is 5.73 Å². The zero-order chi connectivity index (χ0) is 15.2. The molecule has 2 aromatic carbocycles. The number of aryl methyl sites for hydroxylation is 1. The lowest BCUT2D eigenvalue weighted by molar-refractivity contribution is -0.118. The van der Waals surface area contributed by atoms with Crippen molar-refractivity contribution in [1.82, 2.24) is 5.32 Å². The van der Waals surface area contributed by atoms with Crippen LogP contribution in [0.5, 0.6) is 0 Å². The number of rotatable bonds is 5. The van der Waals surface area contributed by atoms with Gasteiger partial charge in [0.2, 0.25) is 5.91 Å². The average Bonchev–Trinajstić information content (AvgIpc) is 2.48. The minimum absolute atomic E-state index is 0.149. The number of hydrogen-bond acceptors (Lipinski definition) is 3. The number of benzene rings is 2. The first-order valence-corrected chi connectivity index (χ1v) is 7.54. The van der Waals surface area contributed by atoms with Crippen molar-refractivity contribution in [2.24, 2.45) is 0 Å². The number of para-hydroxylation sites is 1. The van der Waals surface area contributed by atoms with E-state index in [9.17, 15) is 9.18 Å². The van der Waals surface area contributed by atoms with Crippen LogP contribution < -0.4 is 11.1 Å². The van der Waals surface area contributed by atoms with Gasteiger partial charge in [0.15, 0.2) is 0 Å². The second-order valence-electron chi connectivity index (χ2n) is 4.64. The van der Waals surface area contributed by atoms with Gasteiger partial charge in [-0.3, -0.25) is 4.79 Å². The number of nitrogens with one attached hydrogen (secondary N) is 1. The molecule has 2 rings (SSSR count). The van der Waals surface area contributed by atoms with E-state index in [1.807, 2.05) is 25.1 Å². The Morgan fingerprint density at radius 1 is 1.24 bits per heavy atom. The topological polar surface area (TPSA) is 55.1 Å². The Morgan fingerprint density at radius 2 is 2.00 bits per heavy atom. The van der Waals surface area contributed by atoms with Crippen molar-refractivity contribution in [2.75, 3.05) is 11.5 Å². The van der Waals surface area contributed by atoms with Gasteiger partial charge in [0, 0.05) is 22.7 Å². The standard InChI is InChI=1S/C16H17FN2OS/c1-11-5-4-8-14(16(11)18)21-10-15(20)19-9-12-6-2-3-7-13(12)17/h2-8H,9-10,18H2,1H3,(H,19,20). The highest BCUT2D eigenvalue weighted by molar-refractivity contribution is 8.00. The number of hydrogen-bond donors (Lipinski definition) is 2. The molecule has 3 N–H and O–H groups in total. The third-order valence-corrected chi connectivity index (χ3v) is 4.15. The minimum Gasteiger partial charge on any atom is -0.398 e. The van der Waals surface area contributed by atoms with Crippen LogP contribution in [0.25, 0.3) is 0 Å². The van der Waals surface area contributed by atoms with Crippen molar-refractivity contribution in [1.29, 1.82) is 0 Å². The number of nitrogen functional groups attached to an aromatic ring is 1. The monoisotopic (exact) mass is 304 g/mol. The predicted octanol–water partition coefficient (Wildman–Crippen LogP) is 3.12. The maximum absolute atomic E-state index is 13.4. The molecule has 1 amide bonds. The number of amides is 1. The van der Waals surface area contributed by atoms with Gasteiger partial charge in [0.05, 0.1) is 5.75 Å². The van der Waals surface area contributed by atoms with Gasteiger partial charge < -0.3 is 11.1 Å². The molecule has 0 aliphatic rings. The molecule has 0 saturated carbocycles. The smallest absolute Gasteiger partial charge is 0.230 e. The van der Waals surface area contributed by atoms with Crippen LogP contribution in [0.4, 0.5) is 10.1 Å². The summed E-state index contributed by atoms with van der Waals surface area (Å²) in [4.78, 5) is 12.7. The molecular formula is C16H17FN2OS. The van der Waals surface area contributed by atoms with Crippen LogP contribution in [0.15, 0.2) is 47.4 Å². The Morgan fingerprint density at radius 3 is 2.76 bits per heavy atom. The molecular weight excluding hydrogens is 287 g/mol. The van der Waals surface area contributed by atoms with E-state index >= 15 is 0 Å². The maximum Gasteiger partial charge on any atom is 0.230 e. The molecule has 2 aromatic rings. The largest absolute Gasteiger partial charge is 0.398 e. The van der Waals surface area contributed by atoms with E-state index in [2.05, 4.69) is 5.32 Å². The summed E-state index contributed by atoms with van der Waals surface area (Å²) < 4.78 is 13.4. The fraction of sp³-hybridized carbons (Fsp3) is 0.188. The fourth-order valence-corrected chi connectivity index (χ4v) is 2.69. The summed E-state index contributed by atoms with van der Waals surface area (Å²) in [6, 6.07) is 12.1. The van der Waals surface area contributed by atoms with Gasteiger partial charge in [-0.2, -0.15) is 0 Å². The predicted molar refractivity (Wildman–Crippen MR) is 84.6 cm³/mol. The Balaban J connectivity index is 1.85. The molecule has 0 unspecified atom stereocenters. The summed E-state index contributed by atoms with van der Waals surface area (Å²) in [5, 5.41) is 2.70. The van der Waals surface area contributed by atoms with E-state index in [0.29, 0.717) is 11.3 Å². The van der Waals surface area contributed by atoms with Crippen molar-refractivity contribution in [3.8, 4) is 0 Å². The summed E-state index contributed by atoms with van der Waals surface area (Å²) >= 11 is 1.38. The van der Waals surface area contributed by atoms with Crippen LogP contribution in [0.2, 0.25) is 0 Å². The number of nitrogens with two attached hydrogens (primary N) is 1. The van der Waals surface area contributed by atoms with E-state index in [-0.39, 0.29) is 24.0 Å². The van der Waals surface area contributed by atoms with Crippen molar-refractivity contribution >= 4 is 23.4 Å². The molecule has 110 valence electrons. The molecule has 3 nitrogen and oxygen atoms in total. The second kappa shape index (κ2) is 7.13. The third kappa shape index (κ3) is 4.23. The first-order chi connectivity index (χ1) is 10.1. The third-order valence-electron chi connectivity index (χ3n) is 3.08. The van der Waals surface area contributed by atoms with Crippen LogP contribution in [0.1, 0.15) is 11.1 Å². The van der Waals surface area contributed by atoms with Crippen LogP contribution in [0, 0.1) is 12.7 Å². The Labute approximate surface area is 127 Å². The highest BCUT2D eigenvalue weighted by Gasteiger charge is 2.07. The normalized spacial score (nSPS) is 10.4. The van der Waals surface area contributed by atoms with Gasteiger partial charge in [0.1, 0.15) is 5.82 Å². The van der Waals surface area contributed by atoms with Crippen LogP contribution in [-0.4, -0.2) is 11.7 Å². The van der Waals surface area contributed by atoms with E-state index in [0.717, 1.165) is 10.5 Å². The van der Waals surface area contributed by atoms with Crippen molar-refractivity contribution in [3.63, 3.8) is 0 Å². The maximum atomic E-state index is 13.4.